The Kier molecular flexibility index (Phi) is 5.43. The lowest BCUT2D eigenvalue weighted by Gasteiger charge is -2.36. The van der Waals surface area contributed by atoms with Crippen molar-refractivity contribution in [1.82, 2.24) is 4.90 Å². The van der Waals surface area contributed by atoms with E-state index in [-0.39, 0.29) is 12.1 Å². The van der Waals surface area contributed by atoms with Gasteiger partial charge in [-0.25, -0.2) is 4.79 Å². The Labute approximate surface area is 149 Å². The normalized spacial score (nSPS) is 14.5. The quantitative estimate of drug-likeness (QED) is 0.921. The zero-order valence-electron chi connectivity index (χ0n) is 14.8. The maximum Gasteiger partial charge on any atom is 0.321 e. The lowest BCUT2D eigenvalue weighted by Crippen LogP contribution is -2.50. The number of urea groups is 1. The Balaban J connectivity index is 1.60. The summed E-state index contributed by atoms with van der Waals surface area (Å²) in [5.41, 5.74) is 1.92. The van der Waals surface area contributed by atoms with Gasteiger partial charge in [0.05, 0.1) is 11.8 Å². The van der Waals surface area contributed by atoms with Gasteiger partial charge in [-0.1, -0.05) is 30.3 Å². The van der Waals surface area contributed by atoms with Crippen LogP contribution in [0.2, 0.25) is 0 Å². The molecule has 0 aromatic heterocycles. The average molecular weight is 339 g/mol. The lowest BCUT2D eigenvalue weighted by molar-refractivity contribution is 0.207. The Bertz CT molecular complexity index is 695. The summed E-state index contributed by atoms with van der Waals surface area (Å²) in [7, 11) is 0. The van der Waals surface area contributed by atoms with Gasteiger partial charge in [0.15, 0.2) is 0 Å². The molecule has 1 saturated heterocycles. The number of nitrogens with zero attached hydrogens (tertiary/aromatic N) is 2. The van der Waals surface area contributed by atoms with E-state index in [4.69, 9.17) is 4.74 Å². The van der Waals surface area contributed by atoms with Gasteiger partial charge in [-0.05, 0) is 38.1 Å². The van der Waals surface area contributed by atoms with Crippen LogP contribution < -0.4 is 15.0 Å². The molecule has 0 bridgehead atoms. The fourth-order valence-corrected chi connectivity index (χ4v) is 2.95. The molecular weight excluding hydrogens is 314 g/mol. The SMILES string of the molecule is CC(C)Oc1ccccc1N1CCN(C(=O)Nc2ccccc2)CC1. The summed E-state index contributed by atoms with van der Waals surface area (Å²) in [5, 5.41) is 2.95. The minimum Gasteiger partial charge on any atom is -0.489 e. The van der Waals surface area contributed by atoms with Gasteiger partial charge in [-0.3, -0.25) is 0 Å². The second kappa shape index (κ2) is 7.92. The van der Waals surface area contributed by atoms with E-state index in [0.29, 0.717) is 13.1 Å². The average Bonchev–Trinajstić information content (AvgIpc) is 2.63. The number of hydrogen-bond donors (Lipinski definition) is 1. The summed E-state index contributed by atoms with van der Waals surface area (Å²) in [6, 6.07) is 17.6. The van der Waals surface area contributed by atoms with Gasteiger partial charge in [0.2, 0.25) is 0 Å². The number of piperazine rings is 1. The third-order valence-corrected chi connectivity index (χ3v) is 4.16. The highest BCUT2D eigenvalue weighted by Gasteiger charge is 2.23. The molecule has 2 aromatic carbocycles. The molecule has 5 heteroatoms. The van der Waals surface area contributed by atoms with Crippen LogP contribution in [0.15, 0.2) is 54.6 Å². The number of para-hydroxylation sites is 3. The molecule has 132 valence electrons. The predicted octanol–water partition coefficient (Wildman–Crippen LogP) is 3.83. The third kappa shape index (κ3) is 4.44. The monoisotopic (exact) mass is 339 g/mol. The summed E-state index contributed by atoms with van der Waals surface area (Å²) in [6.45, 7) is 7.02. The minimum absolute atomic E-state index is 0.0439. The molecule has 3 rings (SSSR count). The van der Waals surface area contributed by atoms with Crippen molar-refractivity contribution in [2.24, 2.45) is 0 Å². The van der Waals surface area contributed by atoms with Crippen LogP contribution in [0.25, 0.3) is 0 Å². The van der Waals surface area contributed by atoms with Crippen molar-refractivity contribution >= 4 is 17.4 Å². The molecule has 0 radical (unpaired) electrons. The number of ether oxygens (including phenoxy) is 1. The topological polar surface area (TPSA) is 44.8 Å². The molecule has 25 heavy (non-hydrogen) atoms. The Hall–Kier alpha value is -2.69. The second-order valence-corrected chi connectivity index (χ2v) is 6.40. The fraction of sp³-hybridized carbons (Fsp3) is 0.350. The minimum atomic E-state index is -0.0439. The molecule has 1 fully saturated rings. The van der Waals surface area contributed by atoms with E-state index in [0.717, 1.165) is 30.2 Å². The number of carbonyl (C=O) groups is 1. The third-order valence-electron chi connectivity index (χ3n) is 4.16. The van der Waals surface area contributed by atoms with Crippen molar-refractivity contribution in [3.05, 3.63) is 54.6 Å². The van der Waals surface area contributed by atoms with E-state index < -0.39 is 0 Å². The fourth-order valence-electron chi connectivity index (χ4n) is 2.95. The number of rotatable bonds is 4. The van der Waals surface area contributed by atoms with Gasteiger partial charge in [0.25, 0.3) is 0 Å². The largest absolute Gasteiger partial charge is 0.489 e. The Morgan fingerprint density at radius 1 is 0.960 bits per heavy atom. The highest BCUT2D eigenvalue weighted by molar-refractivity contribution is 5.89. The van der Waals surface area contributed by atoms with Gasteiger partial charge in [-0.15, -0.1) is 0 Å². The molecule has 1 aliphatic heterocycles. The summed E-state index contributed by atoms with van der Waals surface area (Å²) >= 11 is 0. The zero-order chi connectivity index (χ0) is 17.6. The van der Waals surface area contributed by atoms with Crippen LogP contribution in [-0.2, 0) is 0 Å². The number of carbonyl (C=O) groups excluding carboxylic acids is 1. The predicted molar refractivity (Wildman–Crippen MR) is 101 cm³/mol. The number of nitrogens with one attached hydrogen (secondary N) is 1. The molecule has 0 saturated carbocycles. The molecule has 1 aliphatic rings. The number of benzene rings is 2. The molecule has 0 atom stereocenters. The van der Waals surface area contributed by atoms with Gasteiger partial charge in [0, 0.05) is 31.9 Å². The van der Waals surface area contributed by atoms with Gasteiger partial charge in [0.1, 0.15) is 5.75 Å². The first-order valence-corrected chi connectivity index (χ1v) is 8.75. The first-order valence-electron chi connectivity index (χ1n) is 8.75. The highest BCUT2D eigenvalue weighted by atomic mass is 16.5. The van der Waals surface area contributed by atoms with Crippen LogP contribution in [0.4, 0.5) is 16.2 Å². The van der Waals surface area contributed by atoms with Gasteiger partial charge < -0.3 is 19.9 Å². The summed E-state index contributed by atoms with van der Waals surface area (Å²) in [5.74, 6) is 0.902. The molecule has 0 spiro atoms. The first kappa shape index (κ1) is 17.1. The number of anilines is 2. The standard InChI is InChI=1S/C20H25N3O2/c1-16(2)25-19-11-7-6-10-18(19)22-12-14-23(15-13-22)20(24)21-17-8-4-3-5-9-17/h3-11,16H,12-15H2,1-2H3,(H,21,24). The summed E-state index contributed by atoms with van der Waals surface area (Å²) in [4.78, 5) is 16.5. The molecule has 2 amide bonds. The molecule has 0 aliphatic carbocycles. The Morgan fingerprint density at radius 2 is 1.60 bits per heavy atom. The molecule has 5 nitrogen and oxygen atoms in total. The smallest absolute Gasteiger partial charge is 0.321 e. The van der Waals surface area contributed by atoms with Crippen molar-refractivity contribution in [2.75, 3.05) is 36.4 Å². The zero-order valence-corrected chi connectivity index (χ0v) is 14.8. The van der Waals surface area contributed by atoms with Crippen LogP contribution in [0, 0.1) is 0 Å². The Morgan fingerprint density at radius 3 is 2.28 bits per heavy atom. The van der Waals surface area contributed by atoms with Gasteiger partial charge in [-0.2, -0.15) is 0 Å². The maximum atomic E-state index is 12.4. The first-order chi connectivity index (χ1) is 12.1. The van der Waals surface area contributed by atoms with Crippen molar-refractivity contribution in [1.29, 1.82) is 0 Å². The number of amides is 2. The van der Waals surface area contributed by atoms with E-state index in [1.165, 1.54) is 0 Å². The van der Waals surface area contributed by atoms with Crippen LogP contribution >= 0.6 is 0 Å². The second-order valence-electron chi connectivity index (χ2n) is 6.40. The molecule has 1 N–H and O–H groups in total. The molecule has 1 heterocycles. The van der Waals surface area contributed by atoms with E-state index in [1.54, 1.807) is 0 Å². The summed E-state index contributed by atoms with van der Waals surface area (Å²) < 4.78 is 5.92. The van der Waals surface area contributed by atoms with Crippen LogP contribution in [-0.4, -0.2) is 43.2 Å². The van der Waals surface area contributed by atoms with E-state index >= 15 is 0 Å². The van der Waals surface area contributed by atoms with Crippen LogP contribution in [0.1, 0.15) is 13.8 Å². The summed E-state index contributed by atoms with van der Waals surface area (Å²) in [6.07, 6.45) is 0.138. The molecular formula is C20H25N3O2. The molecule has 0 unspecified atom stereocenters. The van der Waals surface area contributed by atoms with E-state index in [9.17, 15) is 4.79 Å². The lowest BCUT2D eigenvalue weighted by atomic mass is 10.2. The van der Waals surface area contributed by atoms with E-state index in [1.807, 2.05) is 67.3 Å². The van der Waals surface area contributed by atoms with Gasteiger partial charge >= 0.3 is 6.03 Å². The highest BCUT2D eigenvalue weighted by Crippen LogP contribution is 2.29. The van der Waals surface area contributed by atoms with Crippen molar-refractivity contribution < 1.29 is 9.53 Å². The maximum absolute atomic E-state index is 12.4. The van der Waals surface area contributed by atoms with Crippen LogP contribution in [0.5, 0.6) is 5.75 Å². The van der Waals surface area contributed by atoms with Crippen molar-refractivity contribution in [3.63, 3.8) is 0 Å². The number of hydrogen-bond acceptors (Lipinski definition) is 3. The van der Waals surface area contributed by atoms with Crippen molar-refractivity contribution in [2.45, 2.75) is 20.0 Å². The molecule has 2 aromatic rings. The van der Waals surface area contributed by atoms with E-state index in [2.05, 4.69) is 16.3 Å². The van der Waals surface area contributed by atoms with Crippen LogP contribution in [0.3, 0.4) is 0 Å². The van der Waals surface area contributed by atoms with Crippen molar-refractivity contribution in [3.8, 4) is 5.75 Å².